The number of benzene rings is 2. The molecule has 0 saturated carbocycles. The zero-order valence-electron chi connectivity index (χ0n) is 15.3. The molecule has 2 amide bonds. The van der Waals surface area contributed by atoms with E-state index >= 15 is 0 Å². The monoisotopic (exact) mass is 424 g/mol. The van der Waals surface area contributed by atoms with Gasteiger partial charge in [0.2, 0.25) is 11.8 Å². The topological polar surface area (TPSA) is 58.2 Å². The highest BCUT2D eigenvalue weighted by Gasteiger charge is 2.08. The van der Waals surface area contributed by atoms with E-state index < -0.39 is 0 Å². The van der Waals surface area contributed by atoms with Crippen LogP contribution in [-0.2, 0) is 9.59 Å². The van der Waals surface area contributed by atoms with Crippen LogP contribution in [0.25, 0.3) is 0 Å². The van der Waals surface area contributed by atoms with Gasteiger partial charge in [-0.05, 0) is 49.2 Å². The van der Waals surface area contributed by atoms with E-state index in [-0.39, 0.29) is 11.8 Å². The van der Waals surface area contributed by atoms with E-state index in [4.69, 9.17) is 23.2 Å². The van der Waals surface area contributed by atoms with Gasteiger partial charge in [-0.25, -0.2) is 0 Å². The first-order valence-corrected chi connectivity index (χ1v) is 10.5. The van der Waals surface area contributed by atoms with Crippen LogP contribution in [0.5, 0.6) is 0 Å². The van der Waals surface area contributed by atoms with Gasteiger partial charge >= 0.3 is 0 Å². The Kier molecular flexibility index (Phi) is 8.48. The number of anilines is 2. The zero-order chi connectivity index (χ0) is 19.8. The molecular weight excluding hydrogens is 403 g/mol. The van der Waals surface area contributed by atoms with Crippen molar-refractivity contribution in [2.24, 2.45) is 0 Å². The second-order valence-corrected chi connectivity index (χ2v) is 8.22. The minimum Gasteiger partial charge on any atom is -0.326 e. The molecule has 2 aromatic carbocycles. The van der Waals surface area contributed by atoms with Gasteiger partial charge in [-0.2, -0.15) is 11.8 Å². The van der Waals surface area contributed by atoms with E-state index in [9.17, 15) is 9.59 Å². The van der Waals surface area contributed by atoms with E-state index in [1.807, 2.05) is 26.0 Å². The van der Waals surface area contributed by atoms with Gasteiger partial charge in [-0.3, -0.25) is 9.59 Å². The van der Waals surface area contributed by atoms with Crippen molar-refractivity contribution in [3.63, 3.8) is 0 Å². The first kappa shape index (κ1) is 21.6. The largest absolute Gasteiger partial charge is 0.326 e. The van der Waals surface area contributed by atoms with Crippen molar-refractivity contribution in [1.82, 2.24) is 0 Å². The molecule has 2 N–H and O–H groups in total. The predicted molar refractivity (Wildman–Crippen MR) is 116 cm³/mol. The lowest BCUT2D eigenvalue weighted by molar-refractivity contribution is -0.116. The number of rotatable bonds is 8. The van der Waals surface area contributed by atoms with Crippen LogP contribution in [0.1, 0.15) is 24.0 Å². The second kappa shape index (κ2) is 10.6. The van der Waals surface area contributed by atoms with E-state index in [1.165, 1.54) is 0 Å². The Hall–Kier alpha value is -1.69. The predicted octanol–water partition coefficient (Wildman–Crippen LogP) is 5.70. The Bertz CT molecular complexity index is 760. The molecule has 0 radical (unpaired) electrons. The molecule has 0 atom stereocenters. The molecule has 2 rings (SSSR count). The summed E-state index contributed by atoms with van der Waals surface area (Å²) in [5.74, 6) is 1.17. The lowest BCUT2D eigenvalue weighted by Gasteiger charge is -2.09. The van der Waals surface area contributed by atoms with Crippen LogP contribution >= 0.6 is 35.0 Å². The normalized spacial score (nSPS) is 10.5. The number of hydrogen-bond donors (Lipinski definition) is 2. The van der Waals surface area contributed by atoms with E-state index in [0.717, 1.165) is 22.5 Å². The summed E-state index contributed by atoms with van der Waals surface area (Å²) in [7, 11) is 0. The number of hydrogen-bond acceptors (Lipinski definition) is 3. The van der Waals surface area contributed by atoms with Crippen LogP contribution < -0.4 is 10.6 Å². The van der Waals surface area contributed by atoms with Gasteiger partial charge < -0.3 is 10.6 Å². The van der Waals surface area contributed by atoms with Crippen LogP contribution in [0.3, 0.4) is 0 Å². The van der Waals surface area contributed by atoms with E-state index in [1.54, 1.807) is 36.0 Å². The minimum atomic E-state index is -0.0631. The third kappa shape index (κ3) is 7.45. The molecule has 0 aliphatic carbocycles. The van der Waals surface area contributed by atoms with E-state index in [2.05, 4.69) is 10.6 Å². The SMILES string of the molecule is Cc1ccc(Cl)cc1NC(=O)CCSCCC(=O)Nc1cc(Cl)ccc1C. The maximum Gasteiger partial charge on any atom is 0.225 e. The van der Waals surface area contributed by atoms with Crippen molar-refractivity contribution in [2.75, 3.05) is 22.1 Å². The van der Waals surface area contributed by atoms with Gasteiger partial charge in [-0.1, -0.05) is 35.3 Å². The molecule has 144 valence electrons. The zero-order valence-corrected chi connectivity index (χ0v) is 17.6. The molecule has 0 fully saturated rings. The maximum absolute atomic E-state index is 12.0. The summed E-state index contributed by atoms with van der Waals surface area (Å²) in [6.45, 7) is 3.84. The van der Waals surface area contributed by atoms with Gasteiger partial charge in [-0.15, -0.1) is 0 Å². The standard InChI is InChI=1S/C20H22Cl2N2O2S/c1-13-3-5-15(21)11-17(13)23-19(25)7-9-27-10-8-20(26)24-18-12-16(22)6-4-14(18)2/h3-6,11-12H,7-10H2,1-2H3,(H,23,25)(H,24,26). The number of thioether (sulfide) groups is 1. The summed E-state index contributed by atoms with van der Waals surface area (Å²) in [5.41, 5.74) is 3.39. The summed E-state index contributed by atoms with van der Waals surface area (Å²) < 4.78 is 0. The van der Waals surface area contributed by atoms with Crippen molar-refractivity contribution >= 4 is 58.2 Å². The smallest absolute Gasteiger partial charge is 0.225 e. The Morgan fingerprint density at radius 3 is 1.63 bits per heavy atom. The number of amides is 2. The van der Waals surface area contributed by atoms with Gasteiger partial charge in [0.1, 0.15) is 0 Å². The van der Waals surface area contributed by atoms with Crippen molar-refractivity contribution < 1.29 is 9.59 Å². The van der Waals surface area contributed by atoms with Crippen LogP contribution in [-0.4, -0.2) is 23.3 Å². The number of nitrogens with one attached hydrogen (secondary N) is 2. The third-order valence-corrected chi connectivity index (χ3v) is 5.35. The molecule has 0 unspecified atom stereocenters. The first-order valence-electron chi connectivity index (χ1n) is 8.55. The molecule has 0 heterocycles. The van der Waals surface area contributed by atoms with Crippen LogP contribution in [0.2, 0.25) is 10.0 Å². The summed E-state index contributed by atoms with van der Waals surface area (Å²) in [4.78, 5) is 24.0. The molecule has 0 aliphatic heterocycles. The first-order chi connectivity index (χ1) is 12.8. The number of halogens is 2. The Morgan fingerprint density at radius 2 is 1.22 bits per heavy atom. The van der Waals surface area contributed by atoms with Gasteiger partial charge in [0.05, 0.1) is 0 Å². The summed E-state index contributed by atoms with van der Waals surface area (Å²) in [6, 6.07) is 10.8. The highest BCUT2D eigenvalue weighted by Crippen LogP contribution is 2.21. The van der Waals surface area contributed by atoms with Gasteiger partial charge in [0.25, 0.3) is 0 Å². The van der Waals surface area contributed by atoms with Crippen molar-refractivity contribution in [1.29, 1.82) is 0 Å². The number of carbonyl (C=O) groups excluding carboxylic acids is 2. The molecule has 4 nitrogen and oxygen atoms in total. The van der Waals surface area contributed by atoms with E-state index in [0.29, 0.717) is 34.4 Å². The average Bonchev–Trinajstić information content (AvgIpc) is 2.61. The average molecular weight is 425 g/mol. The number of aryl methyl sites for hydroxylation is 2. The number of carbonyl (C=O) groups is 2. The Labute approximate surface area is 174 Å². The molecule has 27 heavy (non-hydrogen) atoms. The third-order valence-electron chi connectivity index (χ3n) is 3.89. The summed E-state index contributed by atoms with van der Waals surface area (Å²) >= 11 is 13.5. The fourth-order valence-electron chi connectivity index (χ4n) is 2.31. The molecule has 0 spiro atoms. The molecule has 0 aliphatic rings. The van der Waals surface area contributed by atoms with Crippen molar-refractivity contribution in [2.45, 2.75) is 26.7 Å². The highest BCUT2D eigenvalue weighted by atomic mass is 35.5. The van der Waals surface area contributed by atoms with Gasteiger partial charge in [0, 0.05) is 45.8 Å². The Balaban J connectivity index is 1.66. The van der Waals surface area contributed by atoms with Crippen LogP contribution in [0, 0.1) is 13.8 Å². The Morgan fingerprint density at radius 1 is 0.815 bits per heavy atom. The fourth-order valence-corrected chi connectivity index (χ4v) is 3.52. The lowest BCUT2D eigenvalue weighted by atomic mass is 10.2. The quantitative estimate of drug-likeness (QED) is 0.534. The second-order valence-electron chi connectivity index (χ2n) is 6.13. The molecular formula is C20H22Cl2N2O2S. The lowest BCUT2D eigenvalue weighted by Crippen LogP contribution is -2.14. The van der Waals surface area contributed by atoms with Crippen molar-refractivity contribution in [3.8, 4) is 0 Å². The minimum absolute atomic E-state index is 0.0631. The molecule has 0 aromatic heterocycles. The maximum atomic E-state index is 12.0. The van der Waals surface area contributed by atoms with Crippen LogP contribution in [0.4, 0.5) is 11.4 Å². The molecule has 7 heteroatoms. The molecule has 2 aromatic rings. The molecule has 0 bridgehead atoms. The highest BCUT2D eigenvalue weighted by molar-refractivity contribution is 7.99. The van der Waals surface area contributed by atoms with Crippen molar-refractivity contribution in [3.05, 3.63) is 57.6 Å². The summed E-state index contributed by atoms with van der Waals surface area (Å²) in [6.07, 6.45) is 0.761. The fraction of sp³-hybridized carbons (Fsp3) is 0.300. The summed E-state index contributed by atoms with van der Waals surface area (Å²) in [5, 5.41) is 6.91. The van der Waals surface area contributed by atoms with Gasteiger partial charge in [0.15, 0.2) is 0 Å². The molecule has 0 saturated heterocycles. The van der Waals surface area contributed by atoms with Crippen LogP contribution in [0.15, 0.2) is 36.4 Å².